The first-order valence-corrected chi connectivity index (χ1v) is 9.47. The van der Waals surface area contributed by atoms with E-state index in [2.05, 4.69) is 33.2 Å². The average molecular weight is 417 g/mol. The minimum absolute atomic E-state index is 0.00845. The highest BCUT2D eigenvalue weighted by Gasteiger charge is 2.67. The van der Waals surface area contributed by atoms with E-state index >= 15 is 0 Å². The van der Waals surface area contributed by atoms with Crippen LogP contribution in [0.1, 0.15) is 12.0 Å². The van der Waals surface area contributed by atoms with Crippen molar-refractivity contribution >= 4 is 34.0 Å². The highest BCUT2D eigenvalue weighted by molar-refractivity contribution is 9.10. The number of rotatable bonds is 3. The topological polar surface area (TPSA) is 79.2 Å². The molecule has 0 aromatic heterocycles. The first-order valence-electron chi connectivity index (χ1n) is 8.68. The number of aromatic hydroxyl groups is 1. The van der Waals surface area contributed by atoms with Crippen LogP contribution >= 0.6 is 15.9 Å². The summed E-state index contributed by atoms with van der Waals surface area (Å²) >= 11 is 3.25. The van der Waals surface area contributed by atoms with Crippen LogP contribution in [0.25, 0.3) is 0 Å². The van der Waals surface area contributed by atoms with Crippen molar-refractivity contribution < 1.29 is 19.4 Å². The lowest BCUT2D eigenvalue weighted by molar-refractivity contribution is -0.140. The number of carbonyl (C=O) groups is 2. The molecule has 4 aliphatic carbocycles. The summed E-state index contributed by atoms with van der Waals surface area (Å²) in [6.07, 6.45) is 6.87. The fourth-order valence-corrected chi connectivity index (χ4v) is 5.46. The Morgan fingerprint density at radius 3 is 2.38 bits per heavy atom. The van der Waals surface area contributed by atoms with Gasteiger partial charge in [-0.25, -0.2) is 0 Å². The van der Waals surface area contributed by atoms with Gasteiger partial charge in [-0.1, -0.05) is 12.2 Å². The number of nitrogens with zero attached hydrogens (tertiary/aromatic N) is 2. The van der Waals surface area contributed by atoms with Crippen molar-refractivity contribution in [1.29, 1.82) is 0 Å². The molecule has 134 valence electrons. The molecule has 1 aromatic carbocycles. The summed E-state index contributed by atoms with van der Waals surface area (Å²) in [7, 11) is 1.45. The molecule has 1 N–H and O–H groups in total. The van der Waals surface area contributed by atoms with Gasteiger partial charge in [0, 0.05) is 0 Å². The van der Waals surface area contributed by atoms with Crippen molar-refractivity contribution in [2.24, 2.45) is 40.6 Å². The van der Waals surface area contributed by atoms with Crippen LogP contribution in [0, 0.1) is 35.5 Å². The predicted octanol–water partition coefficient (Wildman–Crippen LogP) is 2.55. The van der Waals surface area contributed by atoms with E-state index in [-0.39, 0.29) is 47.0 Å². The Bertz CT molecular complexity index is 860. The zero-order valence-electron chi connectivity index (χ0n) is 14.0. The number of imide groups is 1. The largest absolute Gasteiger partial charge is 0.503 e. The van der Waals surface area contributed by atoms with Gasteiger partial charge in [0.25, 0.3) is 11.8 Å². The summed E-state index contributed by atoms with van der Waals surface area (Å²) in [5.41, 5.74) is 0.617. The van der Waals surface area contributed by atoms with Crippen LogP contribution in [-0.4, -0.2) is 35.3 Å². The SMILES string of the molecule is COc1cc(C=NN2C(=O)[C@@H]3[C@H]4C=C[C@@H]([C@@H]5C[C@@H]45)[C@H]3C2=O)cc(Br)c1O. The minimum Gasteiger partial charge on any atom is -0.503 e. The molecule has 6 rings (SSSR count). The number of amides is 2. The number of allylic oxidation sites excluding steroid dienone is 2. The maximum atomic E-state index is 12.9. The summed E-state index contributed by atoms with van der Waals surface area (Å²) in [4.78, 5) is 25.7. The quantitative estimate of drug-likeness (QED) is 0.466. The van der Waals surface area contributed by atoms with Gasteiger partial charge in [-0.3, -0.25) is 9.59 Å². The van der Waals surface area contributed by atoms with Gasteiger partial charge >= 0.3 is 0 Å². The highest BCUT2D eigenvalue weighted by atomic mass is 79.9. The Hall–Kier alpha value is -2.15. The highest BCUT2D eigenvalue weighted by Crippen LogP contribution is 2.65. The molecule has 7 heteroatoms. The second-order valence-electron chi connectivity index (χ2n) is 7.44. The lowest BCUT2D eigenvalue weighted by Crippen LogP contribution is -2.40. The van der Waals surface area contributed by atoms with Crippen molar-refractivity contribution in [1.82, 2.24) is 5.01 Å². The molecular weight excluding hydrogens is 400 g/mol. The number of halogens is 1. The predicted molar refractivity (Wildman–Crippen MR) is 96.5 cm³/mol. The van der Waals surface area contributed by atoms with Gasteiger partial charge < -0.3 is 9.84 Å². The van der Waals surface area contributed by atoms with Crippen LogP contribution in [0.15, 0.2) is 33.9 Å². The molecule has 1 aliphatic heterocycles. The summed E-state index contributed by atoms with van der Waals surface area (Å²) < 4.78 is 5.57. The molecule has 1 heterocycles. The average Bonchev–Trinajstić information content (AvgIpc) is 3.41. The first-order chi connectivity index (χ1) is 12.5. The van der Waals surface area contributed by atoms with Gasteiger partial charge in [-0.05, 0) is 63.7 Å². The second-order valence-corrected chi connectivity index (χ2v) is 8.30. The first kappa shape index (κ1) is 16.1. The molecule has 6 atom stereocenters. The van der Waals surface area contributed by atoms with Crippen LogP contribution in [0.3, 0.4) is 0 Å². The third-order valence-electron chi connectivity index (χ3n) is 6.23. The van der Waals surface area contributed by atoms with Gasteiger partial charge in [-0.15, -0.1) is 0 Å². The molecule has 0 spiro atoms. The number of hydrogen-bond donors (Lipinski definition) is 1. The zero-order chi connectivity index (χ0) is 18.2. The van der Waals surface area contributed by atoms with Gasteiger partial charge in [-0.2, -0.15) is 10.1 Å². The maximum absolute atomic E-state index is 12.9. The molecule has 26 heavy (non-hydrogen) atoms. The van der Waals surface area contributed by atoms with E-state index in [1.807, 2.05) is 0 Å². The number of carbonyl (C=O) groups excluding carboxylic acids is 2. The van der Waals surface area contributed by atoms with Crippen LogP contribution < -0.4 is 4.74 Å². The van der Waals surface area contributed by atoms with Crippen LogP contribution in [0.5, 0.6) is 11.5 Å². The van der Waals surface area contributed by atoms with E-state index < -0.39 is 0 Å². The number of benzene rings is 1. The number of phenols is 1. The third-order valence-corrected chi connectivity index (χ3v) is 6.84. The lowest BCUT2D eigenvalue weighted by atomic mass is 9.63. The molecule has 0 unspecified atom stereocenters. The maximum Gasteiger partial charge on any atom is 0.254 e. The third kappa shape index (κ3) is 2.06. The Kier molecular flexibility index (Phi) is 3.35. The van der Waals surface area contributed by atoms with Gasteiger partial charge in [0.05, 0.1) is 29.6 Å². The van der Waals surface area contributed by atoms with Crippen molar-refractivity contribution in [3.05, 3.63) is 34.3 Å². The Morgan fingerprint density at radius 1 is 1.19 bits per heavy atom. The summed E-state index contributed by atoms with van der Waals surface area (Å²) in [5, 5.41) is 15.1. The Morgan fingerprint density at radius 2 is 1.81 bits per heavy atom. The minimum atomic E-state index is -0.250. The fraction of sp³-hybridized carbons (Fsp3) is 0.421. The molecule has 6 nitrogen and oxygen atoms in total. The van der Waals surface area contributed by atoms with Crippen LogP contribution in [0.4, 0.5) is 0 Å². The van der Waals surface area contributed by atoms with Gasteiger partial charge in [0.2, 0.25) is 0 Å². The van der Waals surface area contributed by atoms with Crippen molar-refractivity contribution in [3.63, 3.8) is 0 Å². The molecule has 0 radical (unpaired) electrons. The number of phenolic OH excluding ortho intramolecular Hbond substituents is 1. The smallest absolute Gasteiger partial charge is 0.254 e. The number of hydrazone groups is 1. The number of ether oxygens (including phenoxy) is 1. The molecule has 1 saturated heterocycles. The Labute approximate surface area is 158 Å². The lowest BCUT2D eigenvalue weighted by Gasteiger charge is -2.37. The molecule has 2 saturated carbocycles. The number of methoxy groups -OCH3 is 1. The zero-order valence-corrected chi connectivity index (χ0v) is 15.6. The monoisotopic (exact) mass is 416 g/mol. The van der Waals surface area contributed by atoms with E-state index in [0.29, 0.717) is 21.9 Å². The normalized spacial score (nSPS) is 36.6. The van der Waals surface area contributed by atoms with E-state index in [4.69, 9.17) is 4.74 Å². The summed E-state index contributed by atoms with van der Waals surface area (Å²) in [5.74, 6) is 0.926. The molecule has 5 aliphatic rings. The van der Waals surface area contributed by atoms with Crippen molar-refractivity contribution in [3.8, 4) is 11.5 Å². The van der Waals surface area contributed by atoms with E-state index in [1.54, 1.807) is 12.1 Å². The van der Waals surface area contributed by atoms with Crippen molar-refractivity contribution in [2.75, 3.05) is 7.11 Å². The summed E-state index contributed by atoms with van der Waals surface area (Å²) in [6.45, 7) is 0. The molecule has 1 aromatic rings. The standard InChI is InChI=1S/C19H17BrN2O4/c1-26-14-5-8(4-13(20)17(14)23)7-21-22-18(24)15-9-2-3-10(12-6-11(9)12)16(15)19(22)25/h2-5,7,9-12,15-16,23H,6H2,1H3/t9-,10-,11-,12-,15+,16+/m0/s1. The molecular formula is C19H17BrN2O4. The van der Waals surface area contributed by atoms with Gasteiger partial charge in [0.1, 0.15) is 0 Å². The van der Waals surface area contributed by atoms with Crippen molar-refractivity contribution in [2.45, 2.75) is 6.42 Å². The fourth-order valence-electron chi connectivity index (χ4n) is 5.00. The molecule has 3 fully saturated rings. The number of hydrogen-bond acceptors (Lipinski definition) is 5. The summed E-state index contributed by atoms with van der Waals surface area (Å²) in [6, 6.07) is 3.25. The molecule has 2 bridgehead atoms. The van der Waals surface area contributed by atoms with E-state index in [1.165, 1.54) is 13.3 Å². The van der Waals surface area contributed by atoms with E-state index in [0.717, 1.165) is 11.4 Å². The second kappa shape index (κ2) is 5.42. The Balaban J connectivity index is 1.44. The van der Waals surface area contributed by atoms with Crippen LogP contribution in [0.2, 0.25) is 0 Å². The van der Waals surface area contributed by atoms with Crippen LogP contribution in [-0.2, 0) is 9.59 Å². The van der Waals surface area contributed by atoms with Gasteiger partial charge in [0.15, 0.2) is 11.5 Å². The molecule has 2 amide bonds. The van der Waals surface area contributed by atoms with E-state index in [9.17, 15) is 14.7 Å².